The average molecular weight is 253 g/mol. The van der Waals surface area contributed by atoms with Crippen molar-refractivity contribution in [2.24, 2.45) is 0 Å². The number of hydrogen-bond donors (Lipinski definition) is 2. The van der Waals surface area contributed by atoms with E-state index in [1.54, 1.807) is 6.92 Å². The number of nitrogen functional groups attached to an aromatic ring is 1. The first-order valence-electron chi connectivity index (χ1n) is 4.59. The number of halogens is 1. The SMILES string of the molecule is Cc1nnc(NC(=O)c2ccnc(N)c2F)s1. The highest BCUT2D eigenvalue weighted by molar-refractivity contribution is 7.15. The molecule has 0 bridgehead atoms. The van der Waals surface area contributed by atoms with Crippen molar-refractivity contribution in [3.8, 4) is 0 Å². The first kappa shape index (κ1) is 11.4. The lowest BCUT2D eigenvalue weighted by Gasteiger charge is -2.03. The lowest BCUT2D eigenvalue weighted by Crippen LogP contribution is -2.15. The van der Waals surface area contributed by atoms with Crippen molar-refractivity contribution < 1.29 is 9.18 Å². The van der Waals surface area contributed by atoms with Crippen LogP contribution in [-0.2, 0) is 0 Å². The zero-order chi connectivity index (χ0) is 12.4. The normalized spacial score (nSPS) is 10.2. The number of pyridine rings is 1. The Labute approximate surface area is 99.7 Å². The minimum atomic E-state index is -0.841. The van der Waals surface area contributed by atoms with Crippen LogP contribution < -0.4 is 11.1 Å². The molecule has 3 N–H and O–H groups in total. The molecule has 0 aliphatic heterocycles. The number of carbonyl (C=O) groups is 1. The number of nitrogens with one attached hydrogen (secondary N) is 1. The summed E-state index contributed by atoms with van der Waals surface area (Å²) in [4.78, 5) is 15.2. The second-order valence-corrected chi connectivity index (χ2v) is 4.32. The number of amides is 1. The van der Waals surface area contributed by atoms with Gasteiger partial charge in [-0.1, -0.05) is 11.3 Å². The van der Waals surface area contributed by atoms with Crippen molar-refractivity contribution in [3.63, 3.8) is 0 Å². The molecule has 0 fully saturated rings. The van der Waals surface area contributed by atoms with Crippen LogP contribution in [0.25, 0.3) is 0 Å². The Morgan fingerprint density at radius 1 is 1.53 bits per heavy atom. The molecule has 88 valence electrons. The molecule has 0 unspecified atom stereocenters. The fourth-order valence-corrected chi connectivity index (χ4v) is 1.73. The van der Waals surface area contributed by atoms with Crippen molar-refractivity contribution in [1.82, 2.24) is 15.2 Å². The van der Waals surface area contributed by atoms with E-state index in [0.29, 0.717) is 10.1 Å². The van der Waals surface area contributed by atoms with E-state index in [1.165, 1.54) is 23.6 Å². The third-order valence-corrected chi connectivity index (χ3v) is 2.66. The van der Waals surface area contributed by atoms with E-state index in [2.05, 4.69) is 20.5 Å². The second kappa shape index (κ2) is 4.42. The van der Waals surface area contributed by atoms with E-state index in [4.69, 9.17) is 5.73 Å². The topological polar surface area (TPSA) is 93.8 Å². The zero-order valence-corrected chi connectivity index (χ0v) is 9.58. The van der Waals surface area contributed by atoms with Gasteiger partial charge in [-0.05, 0) is 13.0 Å². The molecule has 2 heterocycles. The van der Waals surface area contributed by atoms with E-state index >= 15 is 0 Å². The fraction of sp³-hybridized carbons (Fsp3) is 0.111. The summed E-state index contributed by atoms with van der Waals surface area (Å²) in [6, 6.07) is 1.24. The third-order valence-electron chi connectivity index (χ3n) is 1.91. The maximum absolute atomic E-state index is 13.5. The van der Waals surface area contributed by atoms with E-state index in [-0.39, 0.29) is 11.4 Å². The molecule has 0 aliphatic rings. The molecule has 2 rings (SSSR count). The Bertz CT molecular complexity index is 570. The summed E-state index contributed by atoms with van der Waals surface area (Å²) in [5, 5.41) is 10.9. The maximum atomic E-state index is 13.5. The van der Waals surface area contributed by atoms with Crippen LogP contribution in [0.15, 0.2) is 12.3 Å². The number of hydrogen-bond acceptors (Lipinski definition) is 6. The smallest absolute Gasteiger partial charge is 0.260 e. The van der Waals surface area contributed by atoms with Crippen LogP contribution >= 0.6 is 11.3 Å². The summed E-state index contributed by atoms with van der Waals surface area (Å²) in [5.74, 6) is -1.79. The van der Waals surface area contributed by atoms with Crippen molar-refractivity contribution in [2.45, 2.75) is 6.92 Å². The van der Waals surface area contributed by atoms with Crippen LogP contribution in [0, 0.1) is 12.7 Å². The van der Waals surface area contributed by atoms with Crippen LogP contribution in [0.4, 0.5) is 15.3 Å². The van der Waals surface area contributed by atoms with Gasteiger partial charge in [0, 0.05) is 6.20 Å². The van der Waals surface area contributed by atoms with Gasteiger partial charge in [-0.25, -0.2) is 9.37 Å². The van der Waals surface area contributed by atoms with Gasteiger partial charge >= 0.3 is 0 Å². The van der Waals surface area contributed by atoms with Crippen molar-refractivity contribution in [1.29, 1.82) is 0 Å². The minimum Gasteiger partial charge on any atom is -0.381 e. The minimum absolute atomic E-state index is 0.176. The molecule has 6 nitrogen and oxygen atoms in total. The molecule has 2 aromatic heterocycles. The molecule has 0 atom stereocenters. The Morgan fingerprint density at radius 2 is 2.29 bits per heavy atom. The van der Waals surface area contributed by atoms with Gasteiger partial charge < -0.3 is 5.73 Å². The predicted octanol–water partition coefficient (Wildman–Crippen LogP) is 1.22. The number of nitrogens with two attached hydrogens (primary N) is 1. The Kier molecular flexibility index (Phi) is 2.96. The lowest BCUT2D eigenvalue weighted by molar-refractivity contribution is 0.102. The van der Waals surface area contributed by atoms with Gasteiger partial charge in [0.1, 0.15) is 5.01 Å². The molecule has 0 aromatic carbocycles. The number of nitrogens with zero attached hydrogens (tertiary/aromatic N) is 3. The molecule has 0 saturated heterocycles. The van der Waals surface area contributed by atoms with E-state index in [0.717, 1.165) is 0 Å². The molecule has 0 radical (unpaired) electrons. The number of anilines is 2. The molecule has 0 aliphatic carbocycles. The van der Waals surface area contributed by atoms with Crippen LogP contribution in [0.3, 0.4) is 0 Å². The average Bonchev–Trinajstić information content (AvgIpc) is 2.68. The molecular weight excluding hydrogens is 245 g/mol. The second-order valence-electron chi connectivity index (χ2n) is 3.14. The molecule has 8 heteroatoms. The maximum Gasteiger partial charge on any atom is 0.260 e. The first-order valence-corrected chi connectivity index (χ1v) is 5.41. The van der Waals surface area contributed by atoms with Gasteiger partial charge in [0.15, 0.2) is 11.6 Å². The Hall–Kier alpha value is -2.09. The summed E-state index contributed by atoms with van der Waals surface area (Å²) in [6.45, 7) is 1.75. The molecule has 17 heavy (non-hydrogen) atoms. The number of aromatic nitrogens is 3. The van der Waals surface area contributed by atoms with Gasteiger partial charge in [-0.3, -0.25) is 10.1 Å². The highest BCUT2D eigenvalue weighted by atomic mass is 32.1. The largest absolute Gasteiger partial charge is 0.381 e. The summed E-state index contributed by atoms with van der Waals surface area (Å²) in [5.41, 5.74) is 5.09. The van der Waals surface area contributed by atoms with Crippen LogP contribution in [0.5, 0.6) is 0 Å². The van der Waals surface area contributed by atoms with Crippen LogP contribution in [-0.4, -0.2) is 21.1 Å². The van der Waals surface area contributed by atoms with Gasteiger partial charge in [0.25, 0.3) is 5.91 Å². The highest BCUT2D eigenvalue weighted by Crippen LogP contribution is 2.17. The van der Waals surface area contributed by atoms with Crippen molar-refractivity contribution in [2.75, 3.05) is 11.1 Å². The van der Waals surface area contributed by atoms with Gasteiger partial charge in [-0.2, -0.15) is 0 Å². The lowest BCUT2D eigenvalue weighted by atomic mass is 10.2. The van der Waals surface area contributed by atoms with Crippen LogP contribution in [0.2, 0.25) is 0 Å². The number of aryl methyl sites for hydroxylation is 1. The Morgan fingerprint density at radius 3 is 2.94 bits per heavy atom. The van der Waals surface area contributed by atoms with E-state index in [9.17, 15) is 9.18 Å². The van der Waals surface area contributed by atoms with E-state index < -0.39 is 11.7 Å². The molecule has 1 amide bonds. The standard InChI is InChI=1S/C9H8FN5OS/c1-4-14-15-9(17-4)13-8(16)5-2-3-12-7(11)6(5)10/h2-3H,1H3,(H2,11,12)(H,13,15,16). The monoisotopic (exact) mass is 253 g/mol. The summed E-state index contributed by atoms with van der Waals surface area (Å²) >= 11 is 1.20. The third kappa shape index (κ3) is 2.36. The van der Waals surface area contributed by atoms with Gasteiger partial charge in [0.05, 0.1) is 5.56 Å². The zero-order valence-electron chi connectivity index (χ0n) is 8.77. The predicted molar refractivity (Wildman–Crippen MR) is 61.2 cm³/mol. The summed E-state index contributed by atoms with van der Waals surface area (Å²) in [7, 11) is 0. The first-order chi connectivity index (χ1) is 8.08. The molecule has 0 spiro atoms. The van der Waals surface area contributed by atoms with Gasteiger partial charge in [-0.15, -0.1) is 10.2 Å². The van der Waals surface area contributed by atoms with Crippen LogP contribution in [0.1, 0.15) is 15.4 Å². The van der Waals surface area contributed by atoms with Crippen molar-refractivity contribution >= 4 is 28.2 Å². The molecule has 0 saturated carbocycles. The summed E-state index contributed by atoms with van der Waals surface area (Å²) < 4.78 is 13.5. The fourth-order valence-electron chi connectivity index (χ4n) is 1.15. The Balaban J connectivity index is 2.23. The summed E-state index contributed by atoms with van der Waals surface area (Å²) in [6.07, 6.45) is 1.26. The number of carbonyl (C=O) groups excluding carboxylic acids is 1. The number of rotatable bonds is 2. The quantitative estimate of drug-likeness (QED) is 0.839. The van der Waals surface area contributed by atoms with Gasteiger partial charge in [0.2, 0.25) is 5.13 Å². The molecule has 2 aromatic rings. The van der Waals surface area contributed by atoms with E-state index in [1.807, 2.05) is 0 Å². The van der Waals surface area contributed by atoms with Crippen molar-refractivity contribution in [3.05, 3.63) is 28.7 Å². The highest BCUT2D eigenvalue weighted by Gasteiger charge is 2.15. The molecular formula is C9H8FN5OS.